The molecule has 0 aromatic heterocycles. The van der Waals surface area contributed by atoms with E-state index in [1.165, 1.54) is 6.92 Å². The van der Waals surface area contributed by atoms with Gasteiger partial charge < -0.3 is 10.1 Å². The highest BCUT2D eigenvalue weighted by Crippen LogP contribution is 2.17. The third kappa shape index (κ3) is 4.57. The van der Waals surface area contributed by atoms with Gasteiger partial charge in [0.2, 0.25) is 0 Å². The monoisotopic (exact) mass is 331 g/mol. The van der Waals surface area contributed by atoms with Crippen molar-refractivity contribution in [3.8, 4) is 0 Å². The minimum absolute atomic E-state index is 0.348. The first-order valence-electron chi connectivity index (χ1n) is 7.21. The number of rotatable bonds is 4. The number of carbonyl (C=O) groups excluding carboxylic acids is 2. The number of aryl methyl sites for hydroxylation is 2. The smallest absolute Gasteiger partial charge is 0.338 e. The molecule has 5 heteroatoms. The fourth-order valence-electron chi connectivity index (χ4n) is 2.06. The Bertz CT molecular complexity index is 726. The van der Waals surface area contributed by atoms with Gasteiger partial charge in [0.15, 0.2) is 6.10 Å². The van der Waals surface area contributed by atoms with Crippen molar-refractivity contribution in [2.75, 3.05) is 5.32 Å². The van der Waals surface area contributed by atoms with Crippen LogP contribution in [0.25, 0.3) is 0 Å². The van der Waals surface area contributed by atoms with Crippen molar-refractivity contribution in [1.82, 2.24) is 0 Å². The Balaban J connectivity index is 1.99. The zero-order chi connectivity index (χ0) is 17.0. The van der Waals surface area contributed by atoms with Gasteiger partial charge in [-0.15, -0.1) is 0 Å². The molecule has 23 heavy (non-hydrogen) atoms. The summed E-state index contributed by atoms with van der Waals surface area (Å²) in [7, 11) is 0. The number of ether oxygens (including phenoxy) is 1. The summed E-state index contributed by atoms with van der Waals surface area (Å²) in [5.74, 6) is -0.941. The van der Waals surface area contributed by atoms with Gasteiger partial charge in [-0.3, -0.25) is 4.79 Å². The van der Waals surface area contributed by atoms with Gasteiger partial charge in [0.25, 0.3) is 5.91 Å². The van der Waals surface area contributed by atoms with Gasteiger partial charge in [-0.05, 0) is 56.7 Å². The van der Waals surface area contributed by atoms with Crippen LogP contribution in [0.5, 0.6) is 0 Å². The summed E-state index contributed by atoms with van der Waals surface area (Å²) in [6, 6.07) is 12.0. The van der Waals surface area contributed by atoms with E-state index in [4.69, 9.17) is 16.3 Å². The van der Waals surface area contributed by atoms with Crippen molar-refractivity contribution >= 4 is 29.2 Å². The Morgan fingerprint density at radius 2 is 1.74 bits per heavy atom. The first kappa shape index (κ1) is 17.0. The number of benzene rings is 2. The number of carbonyl (C=O) groups is 2. The van der Waals surface area contributed by atoms with Crippen LogP contribution in [-0.2, 0) is 9.53 Å². The molecule has 0 aliphatic carbocycles. The molecule has 1 atom stereocenters. The summed E-state index contributed by atoms with van der Waals surface area (Å²) in [5.41, 5.74) is 3.12. The summed E-state index contributed by atoms with van der Waals surface area (Å²) in [5, 5.41) is 3.30. The van der Waals surface area contributed by atoms with Gasteiger partial charge in [-0.2, -0.15) is 0 Å². The van der Waals surface area contributed by atoms with Gasteiger partial charge in [0.1, 0.15) is 0 Å². The van der Waals surface area contributed by atoms with Crippen LogP contribution in [0.3, 0.4) is 0 Å². The van der Waals surface area contributed by atoms with Crippen LogP contribution in [0.4, 0.5) is 5.69 Å². The number of esters is 1. The van der Waals surface area contributed by atoms with E-state index in [1.54, 1.807) is 24.3 Å². The van der Waals surface area contributed by atoms with Gasteiger partial charge in [-0.25, -0.2) is 4.79 Å². The predicted molar refractivity (Wildman–Crippen MR) is 90.9 cm³/mol. The van der Waals surface area contributed by atoms with Crippen molar-refractivity contribution in [1.29, 1.82) is 0 Å². The molecule has 120 valence electrons. The molecule has 0 saturated heterocycles. The minimum atomic E-state index is -0.904. The van der Waals surface area contributed by atoms with E-state index in [9.17, 15) is 9.59 Å². The standard InChI is InChI=1S/C18H18ClNO3/c1-11-4-9-16(12(2)10-11)20-17(21)13(3)23-18(22)14-5-7-15(19)8-6-14/h4-10,13H,1-3H3,(H,20,21)/t13-/m1/s1. The highest BCUT2D eigenvalue weighted by molar-refractivity contribution is 6.30. The third-order valence-corrected chi connectivity index (χ3v) is 3.62. The van der Waals surface area contributed by atoms with Gasteiger partial charge in [0, 0.05) is 10.7 Å². The van der Waals surface area contributed by atoms with E-state index in [1.807, 2.05) is 32.0 Å². The lowest BCUT2D eigenvalue weighted by Crippen LogP contribution is -2.30. The van der Waals surface area contributed by atoms with E-state index >= 15 is 0 Å². The highest BCUT2D eigenvalue weighted by atomic mass is 35.5. The maximum atomic E-state index is 12.2. The van der Waals surface area contributed by atoms with Crippen LogP contribution in [0.2, 0.25) is 5.02 Å². The Kier molecular flexibility index (Phi) is 5.40. The van der Waals surface area contributed by atoms with E-state index in [0.717, 1.165) is 11.1 Å². The second kappa shape index (κ2) is 7.29. The van der Waals surface area contributed by atoms with Crippen LogP contribution < -0.4 is 5.32 Å². The highest BCUT2D eigenvalue weighted by Gasteiger charge is 2.19. The summed E-state index contributed by atoms with van der Waals surface area (Å²) in [4.78, 5) is 24.2. The van der Waals surface area contributed by atoms with Crippen molar-refractivity contribution in [2.45, 2.75) is 26.9 Å². The normalized spacial score (nSPS) is 11.7. The summed E-state index contributed by atoms with van der Waals surface area (Å²) in [6.45, 7) is 5.43. The second-order valence-electron chi connectivity index (χ2n) is 5.36. The summed E-state index contributed by atoms with van der Waals surface area (Å²) in [6.07, 6.45) is -0.904. The first-order chi connectivity index (χ1) is 10.9. The first-order valence-corrected chi connectivity index (χ1v) is 7.59. The Morgan fingerprint density at radius 3 is 2.35 bits per heavy atom. The van der Waals surface area contributed by atoms with E-state index in [2.05, 4.69) is 5.32 Å². The van der Waals surface area contributed by atoms with Gasteiger partial charge >= 0.3 is 5.97 Å². The molecule has 2 aromatic rings. The Morgan fingerprint density at radius 1 is 1.09 bits per heavy atom. The fraction of sp³-hybridized carbons (Fsp3) is 0.222. The molecule has 0 radical (unpaired) electrons. The van der Waals surface area contributed by atoms with Gasteiger partial charge in [-0.1, -0.05) is 29.3 Å². The molecule has 0 fully saturated rings. The number of nitrogens with one attached hydrogen (secondary N) is 1. The molecule has 0 aliphatic heterocycles. The zero-order valence-corrected chi connectivity index (χ0v) is 14.0. The predicted octanol–water partition coefficient (Wildman–Crippen LogP) is 4.14. The largest absolute Gasteiger partial charge is 0.449 e. The minimum Gasteiger partial charge on any atom is -0.449 e. The summed E-state index contributed by atoms with van der Waals surface area (Å²) < 4.78 is 5.18. The number of anilines is 1. The topological polar surface area (TPSA) is 55.4 Å². The lowest BCUT2D eigenvalue weighted by Gasteiger charge is -2.15. The summed E-state index contributed by atoms with van der Waals surface area (Å²) >= 11 is 5.77. The Labute approximate surface area is 140 Å². The Hall–Kier alpha value is -2.33. The maximum Gasteiger partial charge on any atom is 0.338 e. The van der Waals surface area contributed by atoms with Crippen molar-refractivity contribution in [3.63, 3.8) is 0 Å². The molecule has 2 aromatic carbocycles. The van der Waals surface area contributed by atoms with Crippen LogP contribution in [-0.4, -0.2) is 18.0 Å². The molecule has 0 aliphatic rings. The van der Waals surface area contributed by atoms with Gasteiger partial charge in [0.05, 0.1) is 5.56 Å². The number of amides is 1. The van der Waals surface area contributed by atoms with Crippen LogP contribution in [0.15, 0.2) is 42.5 Å². The van der Waals surface area contributed by atoms with Crippen LogP contribution in [0, 0.1) is 13.8 Å². The van der Waals surface area contributed by atoms with Crippen LogP contribution in [0.1, 0.15) is 28.4 Å². The van der Waals surface area contributed by atoms with E-state index in [0.29, 0.717) is 16.3 Å². The van der Waals surface area contributed by atoms with Crippen molar-refractivity contribution in [2.24, 2.45) is 0 Å². The molecule has 0 bridgehead atoms. The lowest BCUT2D eigenvalue weighted by molar-refractivity contribution is -0.123. The molecule has 4 nitrogen and oxygen atoms in total. The molecule has 0 heterocycles. The molecule has 1 amide bonds. The lowest BCUT2D eigenvalue weighted by atomic mass is 10.1. The molecule has 2 rings (SSSR count). The van der Waals surface area contributed by atoms with E-state index in [-0.39, 0.29) is 5.91 Å². The van der Waals surface area contributed by atoms with Crippen molar-refractivity contribution < 1.29 is 14.3 Å². The average molecular weight is 332 g/mol. The molecule has 1 N–H and O–H groups in total. The number of halogens is 1. The van der Waals surface area contributed by atoms with Crippen molar-refractivity contribution in [3.05, 3.63) is 64.2 Å². The molecule has 0 unspecified atom stereocenters. The van der Waals surface area contributed by atoms with Crippen LogP contribution >= 0.6 is 11.6 Å². The maximum absolute atomic E-state index is 12.2. The molecule has 0 spiro atoms. The fourth-order valence-corrected chi connectivity index (χ4v) is 2.18. The zero-order valence-electron chi connectivity index (χ0n) is 13.2. The average Bonchev–Trinajstić information content (AvgIpc) is 2.50. The molecular formula is C18H18ClNO3. The quantitative estimate of drug-likeness (QED) is 0.857. The molecular weight excluding hydrogens is 314 g/mol. The van der Waals surface area contributed by atoms with E-state index < -0.39 is 12.1 Å². The second-order valence-corrected chi connectivity index (χ2v) is 5.80. The molecule has 0 saturated carbocycles. The SMILES string of the molecule is Cc1ccc(NC(=O)[C@@H](C)OC(=O)c2ccc(Cl)cc2)c(C)c1. The third-order valence-electron chi connectivity index (χ3n) is 3.37. The number of hydrogen-bond donors (Lipinski definition) is 1. The number of hydrogen-bond acceptors (Lipinski definition) is 3.